The number of aryl methyl sites for hydroxylation is 1. The van der Waals surface area contributed by atoms with Gasteiger partial charge in [-0.25, -0.2) is 0 Å². The fourth-order valence-corrected chi connectivity index (χ4v) is 2.98. The molecule has 0 saturated heterocycles. The molecule has 0 aromatic carbocycles. The summed E-state index contributed by atoms with van der Waals surface area (Å²) < 4.78 is 1.99. The predicted octanol–water partition coefficient (Wildman–Crippen LogP) is 2.35. The van der Waals surface area contributed by atoms with E-state index in [0.717, 1.165) is 31.4 Å². The highest BCUT2D eigenvalue weighted by atomic mass is 16.1. The van der Waals surface area contributed by atoms with Crippen molar-refractivity contribution in [2.24, 2.45) is 13.0 Å². The first-order valence-corrected chi connectivity index (χ1v) is 7.48. The molecular weight excluding hydrogens is 238 g/mol. The fourth-order valence-electron chi connectivity index (χ4n) is 2.98. The third-order valence-corrected chi connectivity index (χ3v) is 4.23. The van der Waals surface area contributed by atoms with Crippen molar-refractivity contribution in [2.45, 2.75) is 58.9 Å². The van der Waals surface area contributed by atoms with Crippen LogP contribution in [0.15, 0.2) is 0 Å². The maximum absolute atomic E-state index is 12.0. The van der Waals surface area contributed by atoms with Crippen LogP contribution < -0.4 is 5.32 Å². The molecule has 1 amide bonds. The lowest BCUT2D eigenvalue weighted by molar-refractivity contribution is -0.125. The van der Waals surface area contributed by atoms with E-state index in [1.807, 2.05) is 11.7 Å². The Morgan fingerprint density at radius 1 is 1.32 bits per heavy atom. The molecule has 19 heavy (non-hydrogen) atoms. The Morgan fingerprint density at radius 2 is 2.00 bits per heavy atom. The van der Waals surface area contributed by atoms with Gasteiger partial charge in [-0.3, -0.25) is 9.48 Å². The standard InChI is InChI=1S/C15H25N3O/c1-4-11(5-2)15(19)16-10-13-12-8-6-7-9-14(12)18(3)17-13/h11H,4-10H2,1-3H3,(H,16,19). The van der Waals surface area contributed by atoms with Crippen LogP contribution in [0, 0.1) is 5.92 Å². The van der Waals surface area contributed by atoms with Crippen LogP contribution in [0.1, 0.15) is 56.5 Å². The third kappa shape index (κ3) is 2.99. The SMILES string of the molecule is CCC(CC)C(=O)NCc1nn(C)c2c1CCCC2. The highest BCUT2D eigenvalue weighted by Crippen LogP contribution is 2.23. The Kier molecular flexibility index (Phi) is 4.61. The Balaban J connectivity index is 2.02. The molecule has 1 aromatic heterocycles. The van der Waals surface area contributed by atoms with E-state index in [9.17, 15) is 4.79 Å². The Labute approximate surface area is 115 Å². The van der Waals surface area contributed by atoms with Crippen molar-refractivity contribution in [1.82, 2.24) is 15.1 Å². The van der Waals surface area contributed by atoms with Crippen LogP contribution in [-0.4, -0.2) is 15.7 Å². The van der Waals surface area contributed by atoms with Crippen molar-refractivity contribution < 1.29 is 4.79 Å². The van der Waals surface area contributed by atoms with Gasteiger partial charge in [-0.2, -0.15) is 5.10 Å². The molecule has 0 fully saturated rings. The van der Waals surface area contributed by atoms with E-state index in [1.165, 1.54) is 24.1 Å². The summed E-state index contributed by atoms with van der Waals surface area (Å²) in [6, 6.07) is 0. The van der Waals surface area contributed by atoms with E-state index in [4.69, 9.17) is 0 Å². The zero-order valence-electron chi connectivity index (χ0n) is 12.3. The average molecular weight is 263 g/mol. The van der Waals surface area contributed by atoms with Crippen molar-refractivity contribution in [3.8, 4) is 0 Å². The first-order chi connectivity index (χ1) is 9.17. The molecule has 1 aliphatic carbocycles. The van der Waals surface area contributed by atoms with E-state index in [0.29, 0.717) is 6.54 Å². The van der Waals surface area contributed by atoms with Gasteiger partial charge in [-0.1, -0.05) is 13.8 Å². The molecule has 2 rings (SSSR count). The van der Waals surface area contributed by atoms with Crippen LogP contribution in [0.25, 0.3) is 0 Å². The van der Waals surface area contributed by atoms with Crippen molar-refractivity contribution >= 4 is 5.91 Å². The van der Waals surface area contributed by atoms with Gasteiger partial charge >= 0.3 is 0 Å². The van der Waals surface area contributed by atoms with E-state index < -0.39 is 0 Å². The number of carbonyl (C=O) groups excluding carboxylic acids is 1. The lowest BCUT2D eigenvalue weighted by atomic mass is 9.95. The molecular formula is C15H25N3O. The highest BCUT2D eigenvalue weighted by molar-refractivity contribution is 5.78. The van der Waals surface area contributed by atoms with Crippen molar-refractivity contribution in [3.05, 3.63) is 17.0 Å². The normalized spacial score (nSPS) is 14.5. The molecule has 106 valence electrons. The summed E-state index contributed by atoms with van der Waals surface area (Å²) in [7, 11) is 2.01. The van der Waals surface area contributed by atoms with E-state index in [-0.39, 0.29) is 11.8 Å². The molecule has 1 heterocycles. The minimum atomic E-state index is 0.138. The average Bonchev–Trinajstić information content (AvgIpc) is 2.75. The minimum absolute atomic E-state index is 0.138. The van der Waals surface area contributed by atoms with Crippen LogP contribution in [-0.2, 0) is 31.2 Å². The molecule has 0 radical (unpaired) electrons. The van der Waals surface area contributed by atoms with Crippen LogP contribution in [0.2, 0.25) is 0 Å². The Bertz CT molecular complexity index is 446. The van der Waals surface area contributed by atoms with Gasteiger partial charge in [0.1, 0.15) is 0 Å². The Morgan fingerprint density at radius 3 is 2.68 bits per heavy atom. The smallest absolute Gasteiger partial charge is 0.223 e. The zero-order chi connectivity index (χ0) is 13.8. The predicted molar refractivity (Wildman–Crippen MR) is 75.8 cm³/mol. The number of nitrogens with one attached hydrogen (secondary N) is 1. The number of nitrogens with zero attached hydrogens (tertiary/aromatic N) is 2. The summed E-state index contributed by atoms with van der Waals surface area (Å²) in [6.45, 7) is 4.71. The van der Waals surface area contributed by atoms with Crippen molar-refractivity contribution in [3.63, 3.8) is 0 Å². The van der Waals surface area contributed by atoms with Crippen LogP contribution in [0.3, 0.4) is 0 Å². The van der Waals surface area contributed by atoms with Crippen LogP contribution >= 0.6 is 0 Å². The first kappa shape index (κ1) is 14.1. The molecule has 1 aromatic rings. The summed E-state index contributed by atoms with van der Waals surface area (Å²) in [5.41, 5.74) is 3.80. The van der Waals surface area contributed by atoms with Crippen LogP contribution in [0.5, 0.6) is 0 Å². The Hall–Kier alpha value is -1.32. The summed E-state index contributed by atoms with van der Waals surface area (Å²) in [6.07, 6.45) is 6.54. The molecule has 4 nitrogen and oxygen atoms in total. The van der Waals surface area contributed by atoms with Gasteiger partial charge in [0, 0.05) is 18.7 Å². The van der Waals surface area contributed by atoms with E-state index >= 15 is 0 Å². The largest absolute Gasteiger partial charge is 0.350 e. The second kappa shape index (κ2) is 6.22. The maximum Gasteiger partial charge on any atom is 0.223 e. The lowest BCUT2D eigenvalue weighted by Gasteiger charge is -2.14. The fraction of sp³-hybridized carbons (Fsp3) is 0.733. The van der Waals surface area contributed by atoms with E-state index in [2.05, 4.69) is 24.3 Å². The van der Waals surface area contributed by atoms with Gasteiger partial charge in [0.25, 0.3) is 0 Å². The number of hydrogen-bond acceptors (Lipinski definition) is 2. The maximum atomic E-state index is 12.0. The minimum Gasteiger partial charge on any atom is -0.350 e. The number of rotatable bonds is 5. The second-order valence-electron chi connectivity index (χ2n) is 5.43. The summed E-state index contributed by atoms with van der Waals surface area (Å²) in [5, 5.41) is 7.63. The molecule has 0 aliphatic heterocycles. The first-order valence-electron chi connectivity index (χ1n) is 7.48. The third-order valence-electron chi connectivity index (χ3n) is 4.23. The lowest BCUT2D eigenvalue weighted by Crippen LogP contribution is -2.30. The number of amides is 1. The van der Waals surface area contributed by atoms with Crippen LogP contribution in [0.4, 0.5) is 0 Å². The molecule has 0 atom stereocenters. The van der Waals surface area contributed by atoms with Crippen molar-refractivity contribution in [2.75, 3.05) is 0 Å². The van der Waals surface area contributed by atoms with Gasteiger partial charge in [0.15, 0.2) is 0 Å². The molecule has 4 heteroatoms. The van der Waals surface area contributed by atoms with Gasteiger partial charge in [0.2, 0.25) is 5.91 Å². The molecule has 0 bridgehead atoms. The number of carbonyl (C=O) groups is 1. The molecule has 0 unspecified atom stereocenters. The number of aromatic nitrogens is 2. The summed E-state index contributed by atoms with van der Waals surface area (Å²) in [5.74, 6) is 0.305. The molecule has 1 aliphatic rings. The summed E-state index contributed by atoms with van der Waals surface area (Å²) in [4.78, 5) is 12.0. The molecule has 0 spiro atoms. The van der Waals surface area contributed by atoms with E-state index in [1.54, 1.807) is 0 Å². The number of fused-ring (bicyclic) bond motifs is 1. The number of hydrogen-bond donors (Lipinski definition) is 1. The van der Waals surface area contributed by atoms with Gasteiger partial charge < -0.3 is 5.32 Å². The molecule has 0 saturated carbocycles. The topological polar surface area (TPSA) is 46.9 Å². The monoisotopic (exact) mass is 263 g/mol. The second-order valence-corrected chi connectivity index (χ2v) is 5.43. The van der Waals surface area contributed by atoms with Gasteiger partial charge in [-0.05, 0) is 44.1 Å². The van der Waals surface area contributed by atoms with Gasteiger partial charge in [0.05, 0.1) is 12.2 Å². The quantitative estimate of drug-likeness (QED) is 0.886. The highest BCUT2D eigenvalue weighted by Gasteiger charge is 2.20. The molecule has 1 N–H and O–H groups in total. The zero-order valence-corrected chi connectivity index (χ0v) is 12.3. The summed E-state index contributed by atoms with van der Waals surface area (Å²) >= 11 is 0. The van der Waals surface area contributed by atoms with Crippen molar-refractivity contribution in [1.29, 1.82) is 0 Å². The van der Waals surface area contributed by atoms with Gasteiger partial charge in [-0.15, -0.1) is 0 Å².